The fourth-order valence-electron chi connectivity index (χ4n) is 8.01. The standard InChI is InChI=1S/C52H35N/c1-2-13-36(14-3-1)39-17-10-20-44(31-39)53(45-21-11-18-40(32-45)41-30-29-38-28-27-37-15-4-6-23-47(37)51(38)34-41)46-22-12-19-42(33-46)52-35-43-16-5-7-24-48(43)49-25-8-9-26-50(49)52/h1-35H. The number of hydrogen-bond acceptors (Lipinski definition) is 1. The van der Waals surface area contributed by atoms with Crippen LogP contribution in [0.5, 0.6) is 0 Å². The summed E-state index contributed by atoms with van der Waals surface area (Å²) in [5.74, 6) is 0. The number of rotatable bonds is 6. The van der Waals surface area contributed by atoms with Crippen LogP contribution in [-0.4, -0.2) is 0 Å². The summed E-state index contributed by atoms with van der Waals surface area (Å²) in [4.78, 5) is 2.40. The molecular formula is C52H35N. The van der Waals surface area contributed by atoms with Gasteiger partial charge in [-0.1, -0.05) is 164 Å². The highest BCUT2D eigenvalue weighted by atomic mass is 15.1. The molecule has 0 unspecified atom stereocenters. The Bertz CT molecular complexity index is 2960. The molecule has 0 heterocycles. The van der Waals surface area contributed by atoms with E-state index in [1.54, 1.807) is 0 Å². The van der Waals surface area contributed by atoms with Gasteiger partial charge in [-0.15, -0.1) is 0 Å². The quantitative estimate of drug-likeness (QED) is 0.159. The predicted molar refractivity (Wildman–Crippen MR) is 227 cm³/mol. The molecule has 10 aromatic rings. The van der Waals surface area contributed by atoms with Crippen molar-refractivity contribution in [3.63, 3.8) is 0 Å². The van der Waals surface area contributed by atoms with Gasteiger partial charge in [0.1, 0.15) is 0 Å². The Kier molecular flexibility index (Phi) is 7.55. The number of hydrogen-bond donors (Lipinski definition) is 0. The second-order valence-electron chi connectivity index (χ2n) is 13.8. The molecule has 248 valence electrons. The third kappa shape index (κ3) is 5.60. The molecule has 0 aromatic heterocycles. The van der Waals surface area contributed by atoms with Crippen LogP contribution in [0.1, 0.15) is 0 Å². The first-order valence-corrected chi connectivity index (χ1v) is 18.3. The Morgan fingerprint density at radius 2 is 0.679 bits per heavy atom. The summed E-state index contributed by atoms with van der Waals surface area (Å²) in [5.41, 5.74) is 10.5. The van der Waals surface area contributed by atoms with E-state index in [2.05, 4.69) is 217 Å². The van der Waals surface area contributed by atoms with Crippen LogP contribution in [0, 0.1) is 0 Å². The van der Waals surface area contributed by atoms with Gasteiger partial charge in [-0.25, -0.2) is 0 Å². The molecular weight excluding hydrogens is 639 g/mol. The molecule has 1 nitrogen and oxygen atoms in total. The lowest BCUT2D eigenvalue weighted by molar-refractivity contribution is 1.28. The van der Waals surface area contributed by atoms with E-state index >= 15 is 0 Å². The van der Waals surface area contributed by atoms with Gasteiger partial charge < -0.3 is 4.90 Å². The summed E-state index contributed by atoms with van der Waals surface area (Å²) >= 11 is 0. The SMILES string of the molecule is c1ccc(-c2cccc(N(c3cccc(-c4ccc5ccc6ccccc6c5c4)c3)c3cccc(-c4cc5ccccc5c5ccccc45)c3)c2)cc1. The van der Waals surface area contributed by atoms with Gasteiger partial charge in [0.15, 0.2) is 0 Å². The zero-order valence-electron chi connectivity index (χ0n) is 29.2. The zero-order valence-corrected chi connectivity index (χ0v) is 29.2. The van der Waals surface area contributed by atoms with E-state index in [1.165, 1.54) is 76.5 Å². The third-order valence-corrected chi connectivity index (χ3v) is 10.6. The molecule has 0 aliphatic rings. The second kappa shape index (κ2) is 13.0. The van der Waals surface area contributed by atoms with Gasteiger partial charge in [-0.3, -0.25) is 0 Å². The smallest absolute Gasteiger partial charge is 0.0467 e. The fraction of sp³-hybridized carbons (Fsp3) is 0. The normalized spacial score (nSPS) is 11.4. The minimum Gasteiger partial charge on any atom is -0.310 e. The van der Waals surface area contributed by atoms with Crippen LogP contribution < -0.4 is 4.90 Å². The highest BCUT2D eigenvalue weighted by Crippen LogP contribution is 2.42. The summed E-state index contributed by atoms with van der Waals surface area (Å²) in [5, 5.41) is 10.1. The summed E-state index contributed by atoms with van der Waals surface area (Å²) in [6.07, 6.45) is 0. The van der Waals surface area contributed by atoms with Crippen molar-refractivity contribution >= 4 is 60.2 Å². The Labute approximate surface area is 309 Å². The molecule has 0 aliphatic carbocycles. The molecule has 0 saturated heterocycles. The van der Waals surface area contributed by atoms with Crippen LogP contribution in [0.4, 0.5) is 17.1 Å². The summed E-state index contributed by atoms with van der Waals surface area (Å²) in [6.45, 7) is 0. The van der Waals surface area contributed by atoms with Crippen LogP contribution in [0.25, 0.3) is 76.5 Å². The van der Waals surface area contributed by atoms with Crippen molar-refractivity contribution < 1.29 is 0 Å². The van der Waals surface area contributed by atoms with Gasteiger partial charge >= 0.3 is 0 Å². The molecule has 0 bridgehead atoms. The van der Waals surface area contributed by atoms with Crippen molar-refractivity contribution in [2.45, 2.75) is 0 Å². The summed E-state index contributed by atoms with van der Waals surface area (Å²) in [6, 6.07) is 77.3. The van der Waals surface area contributed by atoms with Crippen molar-refractivity contribution in [1.29, 1.82) is 0 Å². The summed E-state index contributed by atoms with van der Waals surface area (Å²) in [7, 11) is 0. The lowest BCUT2D eigenvalue weighted by Gasteiger charge is -2.27. The van der Waals surface area contributed by atoms with Gasteiger partial charge in [0.2, 0.25) is 0 Å². The maximum Gasteiger partial charge on any atom is 0.0467 e. The minimum absolute atomic E-state index is 1.10. The Balaban J connectivity index is 1.15. The first-order chi connectivity index (χ1) is 26.3. The molecule has 10 rings (SSSR count). The zero-order chi connectivity index (χ0) is 35.1. The van der Waals surface area contributed by atoms with Crippen LogP contribution in [0.15, 0.2) is 212 Å². The third-order valence-electron chi connectivity index (χ3n) is 10.6. The van der Waals surface area contributed by atoms with Gasteiger partial charge in [0.25, 0.3) is 0 Å². The van der Waals surface area contributed by atoms with E-state index in [0.717, 1.165) is 17.1 Å². The lowest BCUT2D eigenvalue weighted by atomic mass is 9.93. The van der Waals surface area contributed by atoms with Crippen LogP contribution >= 0.6 is 0 Å². The second-order valence-corrected chi connectivity index (χ2v) is 13.8. The monoisotopic (exact) mass is 673 g/mol. The van der Waals surface area contributed by atoms with Crippen molar-refractivity contribution in [3.05, 3.63) is 212 Å². The largest absolute Gasteiger partial charge is 0.310 e. The molecule has 0 N–H and O–H groups in total. The molecule has 0 atom stereocenters. The lowest BCUT2D eigenvalue weighted by Crippen LogP contribution is -2.10. The first-order valence-electron chi connectivity index (χ1n) is 18.3. The maximum atomic E-state index is 2.40. The van der Waals surface area contributed by atoms with Crippen LogP contribution in [0.2, 0.25) is 0 Å². The molecule has 0 amide bonds. The molecule has 0 radical (unpaired) electrons. The van der Waals surface area contributed by atoms with E-state index < -0.39 is 0 Å². The van der Waals surface area contributed by atoms with E-state index in [0.29, 0.717) is 0 Å². The highest BCUT2D eigenvalue weighted by Gasteiger charge is 2.17. The van der Waals surface area contributed by atoms with E-state index in [1.807, 2.05) is 0 Å². The minimum atomic E-state index is 1.10. The van der Waals surface area contributed by atoms with Crippen molar-refractivity contribution in [2.24, 2.45) is 0 Å². The number of benzene rings is 10. The molecule has 1 heteroatoms. The van der Waals surface area contributed by atoms with E-state index in [4.69, 9.17) is 0 Å². The molecule has 53 heavy (non-hydrogen) atoms. The molecule has 0 spiro atoms. The average molecular weight is 674 g/mol. The van der Waals surface area contributed by atoms with Gasteiger partial charge in [0.05, 0.1) is 0 Å². The Morgan fingerprint density at radius 1 is 0.226 bits per heavy atom. The van der Waals surface area contributed by atoms with Crippen molar-refractivity contribution in [3.8, 4) is 33.4 Å². The summed E-state index contributed by atoms with van der Waals surface area (Å²) < 4.78 is 0. The van der Waals surface area contributed by atoms with Gasteiger partial charge in [-0.2, -0.15) is 0 Å². The van der Waals surface area contributed by atoms with Crippen LogP contribution in [-0.2, 0) is 0 Å². The predicted octanol–water partition coefficient (Wildman–Crippen LogP) is 14.8. The number of nitrogens with zero attached hydrogens (tertiary/aromatic N) is 1. The van der Waals surface area contributed by atoms with Gasteiger partial charge in [-0.05, 0) is 125 Å². The van der Waals surface area contributed by atoms with E-state index in [-0.39, 0.29) is 0 Å². The Morgan fingerprint density at radius 3 is 1.38 bits per heavy atom. The Hall–Kier alpha value is -6.96. The van der Waals surface area contributed by atoms with Crippen molar-refractivity contribution in [2.75, 3.05) is 4.90 Å². The van der Waals surface area contributed by atoms with E-state index in [9.17, 15) is 0 Å². The molecule has 0 fully saturated rings. The van der Waals surface area contributed by atoms with Crippen molar-refractivity contribution in [1.82, 2.24) is 0 Å². The van der Waals surface area contributed by atoms with Crippen LogP contribution in [0.3, 0.4) is 0 Å². The molecule has 10 aromatic carbocycles. The van der Waals surface area contributed by atoms with Gasteiger partial charge in [0, 0.05) is 17.1 Å². The maximum absolute atomic E-state index is 2.40. The topological polar surface area (TPSA) is 3.24 Å². The molecule has 0 saturated carbocycles. The number of fused-ring (bicyclic) bond motifs is 6. The number of anilines is 3. The molecule has 0 aliphatic heterocycles. The first kappa shape index (κ1) is 30.8. The highest BCUT2D eigenvalue weighted by molar-refractivity contribution is 6.14. The fourth-order valence-corrected chi connectivity index (χ4v) is 8.01. The average Bonchev–Trinajstić information content (AvgIpc) is 3.24.